The summed E-state index contributed by atoms with van der Waals surface area (Å²) in [5.41, 5.74) is 1.31. The average molecular weight is 409 g/mol. The first kappa shape index (κ1) is 23.1. The number of nitrogens with one attached hydrogen (secondary N) is 2. The van der Waals surface area contributed by atoms with Gasteiger partial charge in [0.05, 0.1) is 0 Å². The monoisotopic (exact) mass is 408 g/mol. The van der Waals surface area contributed by atoms with E-state index >= 15 is 0 Å². The number of piperidine rings is 2. The lowest BCUT2D eigenvalue weighted by Crippen LogP contribution is -2.55. The van der Waals surface area contributed by atoms with Crippen molar-refractivity contribution in [2.45, 2.75) is 58.5 Å². The van der Waals surface area contributed by atoms with Gasteiger partial charge in [-0.25, -0.2) is 0 Å². The Balaban J connectivity index is 0.00000280. The number of likely N-dealkylation sites (tertiary alicyclic amines) is 1. The van der Waals surface area contributed by atoms with Gasteiger partial charge < -0.3 is 10.6 Å². The third-order valence-electron chi connectivity index (χ3n) is 5.97. The molecular weight excluding hydrogens is 372 g/mol. The molecule has 158 valence electrons. The average Bonchev–Trinajstić information content (AvgIpc) is 2.64. The lowest BCUT2D eigenvalue weighted by Gasteiger charge is -2.46. The first-order chi connectivity index (χ1) is 13.1. The predicted octanol–water partition coefficient (Wildman–Crippen LogP) is 3.25. The number of rotatable bonds is 9. The molecular formula is C22H37ClN4O. The second-order valence-electron chi connectivity index (χ2n) is 8.86. The predicted molar refractivity (Wildman–Crippen MR) is 116 cm³/mol. The van der Waals surface area contributed by atoms with E-state index in [1.165, 1.54) is 18.5 Å². The molecule has 3 heterocycles. The van der Waals surface area contributed by atoms with Crippen LogP contribution in [-0.4, -0.2) is 48.0 Å². The third kappa shape index (κ3) is 7.34. The van der Waals surface area contributed by atoms with E-state index in [4.69, 9.17) is 0 Å². The fraction of sp³-hybridized carbons (Fsp3) is 0.727. The zero-order valence-corrected chi connectivity index (χ0v) is 18.2. The van der Waals surface area contributed by atoms with Gasteiger partial charge in [0.25, 0.3) is 0 Å². The van der Waals surface area contributed by atoms with Crippen LogP contribution in [0.15, 0.2) is 24.5 Å². The standard InChI is InChI=1S/C22H36N4O.ClH/c1-17(2)8-10-24-22(27)7-3-6-21-20-11-19(13-25-21)15-26(16-20)14-18-5-4-9-23-12-18;/h4-5,9,12,17,19-21,25H,3,6-8,10-11,13-16H2,1-2H3,(H,24,27);1H/t19?,20?,21-;/m1./s1. The van der Waals surface area contributed by atoms with Crippen LogP contribution in [-0.2, 0) is 11.3 Å². The maximum atomic E-state index is 12.0. The molecule has 2 N–H and O–H groups in total. The number of carbonyl (C=O) groups excluding carboxylic acids is 1. The fourth-order valence-corrected chi connectivity index (χ4v) is 4.56. The highest BCUT2D eigenvalue weighted by atomic mass is 35.5. The number of fused-ring (bicyclic) bond motifs is 2. The summed E-state index contributed by atoms with van der Waals surface area (Å²) in [5, 5.41) is 6.82. The van der Waals surface area contributed by atoms with Gasteiger partial charge in [0.1, 0.15) is 0 Å². The number of carbonyl (C=O) groups is 1. The number of aromatic nitrogens is 1. The van der Waals surface area contributed by atoms with E-state index < -0.39 is 0 Å². The highest BCUT2D eigenvalue weighted by Crippen LogP contribution is 2.31. The first-order valence-corrected chi connectivity index (χ1v) is 10.7. The van der Waals surface area contributed by atoms with Gasteiger partial charge in [0.2, 0.25) is 5.91 Å². The molecule has 1 aromatic heterocycles. The van der Waals surface area contributed by atoms with Gasteiger partial charge in [0.15, 0.2) is 0 Å². The summed E-state index contributed by atoms with van der Waals surface area (Å²) in [5.74, 6) is 2.32. The lowest BCUT2D eigenvalue weighted by molar-refractivity contribution is -0.121. The Morgan fingerprint density at radius 3 is 3.00 bits per heavy atom. The molecule has 2 bridgehead atoms. The SMILES string of the molecule is CC(C)CCNC(=O)CCC[C@H]1NCC2CC1CN(Cc1cccnc1)C2.Cl. The highest BCUT2D eigenvalue weighted by molar-refractivity contribution is 5.85. The molecule has 0 aliphatic carbocycles. The van der Waals surface area contributed by atoms with Crippen LogP contribution < -0.4 is 10.6 Å². The molecule has 2 aliphatic heterocycles. The van der Waals surface area contributed by atoms with Gasteiger partial charge in [-0.1, -0.05) is 19.9 Å². The van der Waals surface area contributed by atoms with Crippen LogP contribution in [0.4, 0.5) is 0 Å². The Morgan fingerprint density at radius 2 is 2.25 bits per heavy atom. The Labute approximate surface area is 176 Å². The minimum atomic E-state index is 0. The van der Waals surface area contributed by atoms with Crippen LogP contribution >= 0.6 is 12.4 Å². The van der Waals surface area contributed by atoms with Crippen LogP contribution in [0.5, 0.6) is 0 Å². The summed E-state index contributed by atoms with van der Waals surface area (Å²) < 4.78 is 0. The first-order valence-electron chi connectivity index (χ1n) is 10.7. The smallest absolute Gasteiger partial charge is 0.219 e. The third-order valence-corrected chi connectivity index (χ3v) is 5.97. The lowest BCUT2D eigenvalue weighted by atomic mass is 9.79. The van der Waals surface area contributed by atoms with Crippen molar-refractivity contribution < 1.29 is 4.79 Å². The van der Waals surface area contributed by atoms with Crippen molar-refractivity contribution in [3.05, 3.63) is 30.1 Å². The summed E-state index contributed by atoms with van der Waals surface area (Å²) in [7, 11) is 0. The molecule has 2 saturated heterocycles. The topological polar surface area (TPSA) is 57.3 Å². The molecule has 1 aromatic rings. The fourth-order valence-electron chi connectivity index (χ4n) is 4.56. The molecule has 2 unspecified atom stereocenters. The van der Waals surface area contributed by atoms with Crippen molar-refractivity contribution in [2.75, 3.05) is 26.2 Å². The maximum absolute atomic E-state index is 12.0. The summed E-state index contributed by atoms with van der Waals surface area (Å²) in [4.78, 5) is 18.8. The van der Waals surface area contributed by atoms with Gasteiger partial charge in [-0.3, -0.25) is 14.7 Å². The van der Waals surface area contributed by atoms with Crippen LogP contribution in [0.3, 0.4) is 0 Å². The van der Waals surface area contributed by atoms with E-state index in [0.717, 1.165) is 51.4 Å². The number of hydrogen-bond donors (Lipinski definition) is 2. The van der Waals surface area contributed by atoms with Gasteiger partial charge in [-0.2, -0.15) is 0 Å². The van der Waals surface area contributed by atoms with Crippen LogP contribution in [0.2, 0.25) is 0 Å². The van der Waals surface area contributed by atoms with Crippen molar-refractivity contribution in [3.8, 4) is 0 Å². The van der Waals surface area contributed by atoms with Crippen LogP contribution in [0, 0.1) is 17.8 Å². The van der Waals surface area contributed by atoms with E-state index in [1.807, 2.05) is 18.5 Å². The Hall–Kier alpha value is -1.17. The van der Waals surface area contributed by atoms with Gasteiger partial charge >= 0.3 is 0 Å². The second-order valence-corrected chi connectivity index (χ2v) is 8.86. The molecule has 0 spiro atoms. The van der Waals surface area contributed by atoms with E-state index in [1.54, 1.807) is 0 Å². The summed E-state index contributed by atoms with van der Waals surface area (Å²) in [6.45, 7) is 9.65. The normalized spacial score (nSPS) is 24.6. The summed E-state index contributed by atoms with van der Waals surface area (Å²) >= 11 is 0. The van der Waals surface area contributed by atoms with E-state index in [9.17, 15) is 4.79 Å². The summed E-state index contributed by atoms with van der Waals surface area (Å²) in [6.07, 6.45) is 8.97. The number of halogens is 1. The molecule has 2 fully saturated rings. The Bertz CT molecular complexity index is 583. The molecule has 0 saturated carbocycles. The molecule has 28 heavy (non-hydrogen) atoms. The van der Waals surface area contributed by atoms with Crippen molar-refractivity contribution >= 4 is 18.3 Å². The maximum Gasteiger partial charge on any atom is 0.219 e. The zero-order chi connectivity index (χ0) is 19.1. The van der Waals surface area contributed by atoms with E-state index in [0.29, 0.717) is 24.3 Å². The number of pyridine rings is 1. The molecule has 0 aromatic carbocycles. The highest BCUT2D eigenvalue weighted by Gasteiger charge is 2.36. The molecule has 1 amide bonds. The van der Waals surface area contributed by atoms with Crippen LogP contribution in [0.1, 0.15) is 51.5 Å². The number of amides is 1. The van der Waals surface area contributed by atoms with Crippen molar-refractivity contribution in [1.82, 2.24) is 20.5 Å². The molecule has 3 atom stereocenters. The Kier molecular flexibility index (Phi) is 9.69. The van der Waals surface area contributed by atoms with Crippen LogP contribution in [0.25, 0.3) is 0 Å². The van der Waals surface area contributed by atoms with Crippen molar-refractivity contribution in [1.29, 1.82) is 0 Å². The largest absolute Gasteiger partial charge is 0.356 e. The van der Waals surface area contributed by atoms with Gasteiger partial charge in [-0.05, 0) is 61.6 Å². The summed E-state index contributed by atoms with van der Waals surface area (Å²) in [6, 6.07) is 4.75. The number of hydrogen-bond acceptors (Lipinski definition) is 4. The minimum Gasteiger partial charge on any atom is -0.356 e. The second kappa shape index (κ2) is 11.7. The van der Waals surface area contributed by atoms with E-state index in [2.05, 4.69) is 40.4 Å². The van der Waals surface area contributed by atoms with Gasteiger partial charge in [0, 0.05) is 51.0 Å². The zero-order valence-electron chi connectivity index (χ0n) is 17.4. The molecule has 6 heteroatoms. The van der Waals surface area contributed by atoms with Crippen molar-refractivity contribution in [3.63, 3.8) is 0 Å². The molecule has 0 radical (unpaired) electrons. The molecule has 5 nitrogen and oxygen atoms in total. The van der Waals surface area contributed by atoms with Gasteiger partial charge in [-0.15, -0.1) is 12.4 Å². The molecule has 2 aliphatic rings. The minimum absolute atomic E-state index is 0. The Morgan fingerprint density at radius 1 is 1.39 bits per heavy atom. The quantitative estimate of drug-likeness (QED) is 0.658. The number of nitrogens with zero attached hydrogens (tertiary/aromatic N) is 2. The van der Waals surface area contributed by atoms with E-state index in [-0.39, 0.29) is 18.3 Å². The van der Waals surface area contributed by atoms with Crippen molar-refractivity contribution in [2.24, 2.45) is 17.8 Å². The molecule has 3 rings (SSSR count).